The first-order valence-electron chi connectivity index (χ1n) is 7.64. The molecule has 1 unspecified atom stereocenters. The first-order valence-corrected chi connectivity index (χ1v) is 7.64. The van der Waals surface area contributed by atoms with Crippen molar-refractivity contribution in [2.75, 3.05) is 6.61 Å². The molecule has 2 aromatic carbocycles. The predicted molar refractivity (Wildman–Crippen MR) is 82.9 cm³/mol. The largest absolute Gasteiger partial charge is 0.484 e. The number of nitrogens with zero attached hydrogens (tertiary/aromatic N) is 1. The Hall–Kier alpha value is -2.44. The van der Waals surface area contributed by atoms with E-state index in [4.69, 9.17) is 0 Å². The van der Waals surface area contributed by atoms with Gasteiger partial charge in [0.1, 0.15) is 17.4 Å². The number of benzene rings is 2. The molecule has 1 atom stereocenters. The lowest BCUT2D eigenvalue weighted by molar-refractivity contribution is -0.153. The lowest BCUT2D eigenvalue weighted by atomic mass is 10.0. The summed E-state index contributed by atoms with van der Waals surface area (Å²) in [5.74, 6) is -1.21. The summed E-state index contributed by atoms with van der Waals surface area (Å²) < 4.78 is 68.7. The Kier molecular flexibility index (Phi) is 4.74. The van der Waals surface area contributed by atoms with Gasteiger partial charge in [-0.2, -0.15) is 13.2 Å². The minimum absolute atomic E-state index is 0.100. The maximum atomic E-state index is 13.8. The van der Waals surface area contributed by atoms with E-state index in [0.717, 1.165) is 5.56 Å². The van der Waals surface area contributed by atoms with Crippen molar-refractivity contribution >= 4 is 5.71 Å². The van der Waals surface area contributed by atoms with Crippen LogP contribution in [0.25, 0.3) is 0 Å². The molecule has 7 heteroatoms. The van der Waals surface area contributed by atoms with Gasteiger partial charge in [-0.1, -0.05) is 18.2 Å². The first kappa shape index (κ1) is 17.4. The fraction of sp³-hybridized carbons (Fsp3) is 0.278. The molecule has 0 saturated carbocycles. The van der Waals surface area contributed by atoms with Crippen molar-refractivity contribution in [3.05, 3.63) is 65.2 Å². The molecular formula is C18H14F5NO. The Bertz CT molecular complexity index is 763. The molecule has 0 aromatic heterocycles. The average Bonchev–Trinajstić information content (AvgIpc) is 3.02. The number of alkyl halides is 3. The smallest absolute Gasteiger partial charge is 0.422 e. The molecule has 132 valence electrons. The summed E-state index contributed by atoms with van der Waals surface area (Å²) >= 11 is 0. The number of rotatable bonds is 4. The maximum Gasteiger partial charge on any atom is 0.422 e. The number of hydrogen-bond acceptors (Lipinski definition) is 2. The topological polar surface area (TPSA) is 21.6 Å². The van der Waals surface area contributed by atoms with Crippen LogP contribution in [0.3, 0.4) is 0 Å². The van der Waals surface area contributed by atoms with Gasteiger partial charge in [0.15, 0.2) is 6.61 Å². The molecule has 1 aliphatic rings. The van der Waals surface area contributed by atoms with Gasteiger partial charge in [0.25, 0.3) is 0 Å². The van der Waals surface area contributed by atoms with Crippen LogP contribution in [0, 0.1) is 11.6 Å². The third-order valence-electron chi connectivity index (χ3n) is 3.88. The van der Waals surface area contributed by atoms with Crippen molar-refractivity contribution < 1.29 is 26.7 Å². The van der Waals surface area contributed by atoms with Gasteiger partial charge in [-0.05, 0) is 42.7 Å². The minimum atomic E-state index is -4.40. The Morgan fingerprint density at radius 3 is 2.24 bits per heavy atom. The summed E-state index contributed by atoms with van der Waals surface area (Å²) in [5, 5.41) is 0. The second-order valence-corrected chi connectivity index (χ2v) is 5.70. The van der Waals surface area contributed by atoms with Crippen molar-refractivity contribution in [2.45, 2.75) is 25.1 Å². The molecule has 1 aliphatic heterocycles. The highest BCUT2D eigenvalue weighted by atomic mass is 19.4. The SMILES string of the molecule is Fc1cccc(F)c1C1=NC(c2ccc(OCC(F)(F)F)cc2)CC1. The van der Waals surface area contributed by atoms with E-state index in [2.05, 4.69) is 9.73 Å². The molecular weight excluding hydrogens is 341 g/mol. The standard InChI is InChI=1S/C18H14F5NO/c19-13-2-1-3-14(20)17(13)16-9-8-15(24-16)11-4-6-12(7-5-11)25-10-18(21,22)23/h1-7,15H,8-10H2. The zero-order valence-corrected chi connectivity index (χ0v) is 13.0. The molecule has 0 amide bonds. The molecule has 0 bridgehead atoms. The van der Waals surface area contributed by atoms with Gasteiger partial charge < -0.3 is 4.74 Å². The van der Waals surface area contributed by atoms with Gasteiger partial charge >= 0.3 is 6.18 Å². The van der Waals surface area contributed by atoms with Crippen LogP contribution in [0.5, 0.6) is 5.75 Å². The highest BCUT2D eigenvalue weighted by molar-refractivity contribution is 6.02. The zero-order valence-electron chi connectivity index (χ0n) is 13.0. The number of aliphatic imine (C=N–C) groups is 1. The molecule has 2 aromatic rings. The Morgan fingerprint density at radius 2 is 1.64 bits per heavy atom. The monoisotopic (exact) mass is 355 g/mol. The maximum absolute atomic E-state index is 13.8. The Morgan fingerprint density at radius 1 is 1.00 bits per heavy atom. The van der Waals surface area contributed by atoms with Gasteiger partial charge in [-0.15, -0.1) is 0 Å². The van der Waals surface area contributed by atoms with E-state index >= 15 is 0 Å². The molecule has 0 radical (unpaired) electrons. The van der Waals surface area contributed by atoms with E-state index in [1.165, 1.54) is 30.3 Å². The number of hydrogen-bond donors (Lipinski definition) is 0. The van der Waals surface area contributed by atoms with Crippen LogP contribution in [0.2, 0.25) is 0 Å². The molecule has 0 saturated heterocycles. The third-order valence-corrected chi connectivity index (χ3v) is 3.88. The van der Waals surface area contributed by atoms with E-state index in [1.54, 1.807) is 12.1 Å². The molecule has 3 rings (SSSR count). The second kappa shape index (κ2) is 6.82. The van der Waals surface area contributed by atoms with Crippen LogP contribution in [0.1, 0.15) is 30.0 Å². The van der Waals surface area contributed by atoms with Crippen molar-refractivity contribution in [3.63, 3.8) is 0 Å². The van der Waals surface area contributed by atoms with Crippen molar-refractivity contribution in [1.82, 2.24) is 0 Å². The lowest BCUT2D eigenvalue weighted by Crippen LogP contribution is -2.19. The Labute approximate surface area is 141 Å². The van der Waals surface area contributed by atoms with Gasteiger partial charge in [0.05, 0.1) is 11.6 Å². The van der Waals surface area contributed by atoms with Gasteiger partial charge in [0, 0.05) is 5.71 Å². The van der Waals surface area contributed by atoms with Crippen LogP contribution in [-0.4, -0.2) is 18.5 Å². The molecule has 0 fully saturated rings. The second-order valence-electron chi connectivity index (χ2n) is 5.70. The van der Waals surface area contributed by atoms with Crippen LogP contribution in [-0.2, 0) is 0 Å². The van der Waals surface area contributed by atoms with Crippen molar-refractivity contribution in [2.24, 2.45) is 4.99 Å². The predicted octanol–water partition coefficient (Wildman–Crippen LogP) is 5.23. The van der Waals surface area contributed by atoms with Gasteiger partial charge in [0.2, 0.25) is 0 Å². The summed E-state index contributed by atoms with van der Waals surface area (Å²) in [4.78, 5) is 4.38. The fourth-order valence-electron chi connectivity index (χ4n) is 2.75. The minimum Gasteiger partial charge on any atom is -0.484 e. The van der Waals surface area contributed by atoms with Crippen molar-refractivity contribution in [1.29, 1.82) is 0 Å². The zero-order chi connectivity index (χ0) is 18.0. The molecule has 0 spiro atoms. The van der Waals surface area contributed by atoms with E-state index < -0.39 is 24.4 Å². The van der Waals surface area contributed by atoms with Crippen molar-refractivity contribution in [3.8, 4) is 5.75 Å². The average molecular weight is 355 g/mol. The number of ether oxygens (including phenoxy) is 1. The molecule has 1 heterocycles. The van der Waals surface area contributed by atoms with E-state index in [0.29, 0.717) is 18.6 Å². The van der Waals surface area contributed by atoms with Gasteiger partial charge in [-0.3, -0.25) is 4.99 Å². The quantitative estimate of drug-likeness (QED) is 0.688. The fourth-order valence-corrected chi connectivity index (χ4v) is 2.75. The summed E-state index contributed by atoms with van der Waals surface area (Å²) in [7, 11) is 0. The summed E-state index contributed by atoms with van der Waals surface area (Å²) in [5.41, 5.74) is 0.999. The molecule has 25 heavy (non-hydrogen) atoms. The Balaban J connectivity index is 1.74. The van der Waals surface area contributed by atoms with Crippen LogP contribution in [0.15, 0.2) is 47.5 Å². The number of halogens is 5. The molecule has 2 nitrogen and oxygen atoms in total. The van der Waals surface area contributed by atoms with Gasteiger partial charge in [-0.25, -0.2) is 8.78 Å². The highest BCUT2D eigenvalue weighted by Gasteiger charge is 2.28. The van der Waals surface area contributed by atoms with Crippen LogP contribution >= 0.6 is 0 Å². The van der Waals surface area contributed by atoms with E-state index in [1.807, 2.05) is 0 Å². The van der Waals surface area contributed by atoms with Crippen LogP contribution in [0.4, 0.5) is 22.0 Å². The highest BCUT2D eigenvalue weighted by Crippen LogP contribution is 2.33. The third kappa shape index (κ3) is 4.15. The van der Waals surface area contributed by atoms with Crippen LogP contribution < -0.4 is 4.74 Å². The summed E-state index contributed by atoms with van der Waals surface area (Å²) in [6.45, 7) is -1.36. The molecule has 0 N–H and O–H groups in total. The normalized spacial score (nSPS) is 17.5. The summed E-state index contributed by atoms with van der Waals surface area (Å²) in [6.07, 6.45) is -3.39. The molecule has 0 aliphatic carbocycles. The van der Waals surface area contributed by atoms with E-state index in [-0.39, 0.29) is 17.4 Å². The summed E-state index contributed by atoms with van der Waals surface area (Å²) in [6, 6.07) is 9.45. The lowest BCUT2D eigenvalue weighted by Gasteiger charge is -2.11. The first-order chi connectivity index (χ1) is 11.8. The van der Waals surface area contributed by atoms with E-state index in [9.17, 15) is 22.0 Å².